The van der Waals surface area contributed by atoms with E-state index in [9.17, 15) is 13.6 Å². The number of likely N-dealkylation sites (tertiary alicyclic amines) is 1. The van der Waals surface area contributed by atoms with E-state index in [1.165, 1.54) is 18.2 Å². The molecule has 1 saturated heterocycles. The molecule has 0 saturated carbocycles. The van der Waals surface area contributed by atoms with Gasteiger partial charge in [0.25, 0.3) is 0 Å². The number of carbonyl (C=O) groups is 1. The normalized spacial score (nSPS) is 19.9. The third-order valence-electron chi connectivity index (χ3n) is 6.76. The van der Waals surface area contributed by atoms with Crippen molar-refractivity contribution in [1.82, 2.24) is 25.1 Å². The van der Waals surface area contributed by atoms with E-state index in [1.54, 1.807) is 29.3 Å². The number of urea groups is 1. The zero-order chi connectivity index (χ0) is 24.5. The smallest absolute Gasteiger partial charge is 0.318 e. The van der Waals surface area contributed by atoms with Crippen molar-refractivity contribution in [3.63, 3.8) is 0 Å². The van der Waals surface area contributed by atoms with Gasteiger partial charge in [-0.2, -0.15) is 0 Å². The molecule has 0 radical (unpaired) electrons. The number of amides is 2. The van der Waals surface area contributed by atoms with Crippen LogP contribution in [0.2, 0.25) is 0 Å². The second-order valence-corrected chi connectivity index (χ2v) is 9.36. The first-order valence-electron chi connectivity index (χ1n) is 11.7. The zero-order valence-electron chi connectivity index (χ0n) is 19.8. The number of halogens is 2. The molecule has 9 heteroatoms. The van der Waals surface area contributed by atoms with Crippen molar-refractivity contribution in [2.75, 3.05) is 32.0 Å². The standard InChI is InChI=1S/C26H28F2N6O/c1-16-10-20(28)6-7-22(16)30-25-29-12-18-8-9-34(15-23(18)31-25)26(35)32-24-14-33(2)13-21(24)17-4-3-5-19(27)11-17/h3-7,10-12,21,24H,8-9,13-15H2,1-2H3,(H,32,35)(H,29,30,31)/t21-,24?/m0/s1. The number of anilines is 2. The molecule has 2 aliphatic rings. The molecule has 5 rings (SSSR count). The van der Waals surface area contributed by atoms with E-state index in [0.717, 1.165) is 34.6 Å². The number of nitrogens with one attached hydrogen (secondary N) is 2. The lowest BCUT2D eigenvalue weighted by molar-refractivity contribution is 0.186. The van der Waals surface area contributed by atoms with Gasteiger partial charge in [0.1, 0.15) is 11.6 Å². The minimum absolute atomic E-state index is 0.0220. The molecule has 35 heavy (non-hydrogen) atoms. The summed E-state index contributed by atoms with van der Waals surface area (Å²) in [5, 5.41) is 6.31. The average molecular weight is 479 g/mol. The maximum absolute atomic E-state index is 13.8. The van der Waals surface area contributed by atoms with Crippen molar-refractivity contribution >= 4 is 17.7 Å². The highest BCUT2D eigenvalue weighted by Gasteiger charge is 2.35. The Morgan fingerprint density at radius 3 is 2.74 bits per heavy atom. The van der Waals surface area contributed by atoms with Gasteiger partial charge in [0.2, 0.25) is 5.95 Å². The minimum Gasteiger partial charge on any atom is -0.333 e. The van der Waals surface area contributed by atoms with Gasteiger partial charge >= 0.3 is 6.03 Å². The fraction of sp³-hybridized carbons (Fsp3) is 0.346. The quantitative estimate of drug-likeness (QED) is 0.594. The van der Waals surface area contributed by atoms with Gasteiger partial charge in [-0.25, -0.2) is 23.5 Å². The number of benzene rings is 2. The van der Waals surface area contributed by atoms with Crippen molar-refractivity contribution in [2.45, 2.75) is 31.8 Å². The third kappa shape index (κ3) is 5.09. The Balaban J connectivity index is 1.27. The van der Waals surface area contributed by atoms with E-state index in [-0.39, 0.29) is 29.6 Å². The summed E-state index contributed by atoms with van der Waals surface area (Å²) in [4.78, 5) is 26.1. The molecule has 0 bridgehead atoms. The summed E-state index contributed by atoms with van der Waals surface area (Å²) in [6.07, 6.45) is 2.45. The summed E-state index contributed by atoms with van der Waals surface area (Å²) < 4.78 is 27.2. The largest absolute Gasteiger partial charge is 0.333 e. The Morgan fingerprint density at radius 1 is 1.11 bits per heavy atom. The molecule has 2 aromatic carbocycles. The predicted octanol–water partition coefficient (Wildman–Crippen LogP) is 3.97. The van der Waals surface area contributed by atoms with Gasteiger partial charge in [-0.3, -0.25) is 0 Å². The van der Waals surface area contributed by atoms with E-state index in [1.807, 2.05) is 20.0 Å². The lowest BCUT2D eigenvalue weighted by Crippen LogP contribution is -2.48. The topological polar surface area (TPSA) is 73.4 Å². The van der Waals surface area contributed by atoms with Gasteiger partial charge in [0.05, 0.1) is 18.3 Å². The van der Waals surface area contributed by atoms with Gasteiger partial charge in [-0.05, 0) is 67.4 Å². The van der Waals surface area contributed by atoms with Crippen molar-refractivity contribution in [2.24, 2.45) is 0 Å². The highest BCUT2D eigenvalue weighted by atomic mass is 19.1. The molecule has 0 aliphatic carbocycles. The van der Waals surface area contributed by atoms with Crippen LogP contribution in [-0.4, -0.2) is 58.5 Å². The fourth-order valence-corrected chi connectivity index (χ4v) is 4.90. The highest BCUT2D eigenvalue weighted by molar-refractivity contribution is 5.75. The maximum atomic E-state index is 13.8. The van der Waals surface area contributed by atoms with Crippen LogP contribution in [-0.2, 0) is 13.0 Å². The van der Waals surface area contributed by atoms with E-state index in [0.29, 0.717) is 32.0 Å². The first kappa shape index (κ1) is 23.2. The van der Waals surface area contributed by atoms with Crippen LogP contribution in [0, 0.1) is 18.6 Å². The summed E-state index contributed by atoms with van der Waals surface area (Å²) in [5.41, 5.74) is 4.16. The molecule has 2 N–H and O–H groups in total. The van der Waals surface area contributed by atoms with Crippen LogP contribution in [0.4, 0.5) is 25.2 Å². The predicted molar refractivity (Wildman–Crippen MR) is 130 cm³/mol. The average Bonchev–Trinajstić information content (AvgIpc) is 3.20. The SMILES string of the molecule is Cc1cc(F)ccc1Nc1ncc2c(n1)CN(C(=O)NC1CN(C)C[C@H]1c1cccc(F)c1)CC2. The summed E-state index contributed by atoms with van der Waals surface area (Å²) in [6, 6.07) is 10.8. The van der Waals surface area contributed by atoms with Crippen molar-refractivity contribution in [3.8, 4) is 0 Å². The Bertz CT molecular complexity index is 1250. The lowest BCUT2D eigenvalue weighted by Gasteiger charge is -2.30. The summed E-state index contributed by atoms with van der Waals surface area (Å²) in [6.45, 7) is 4.20. The number of likely N-dealkylation sites (N-methyl/N-ethyl adjacent to an activating group) is 1. The second kappa shape index (κ2) is 9.58. The zero-order valence-corrected chi connectivity index (χ0v) is 19.8. The Kier molecular flexibility index (Phi) is 6.34. The van der Waals surface area contributed by atoms with E-state index in [4.69, 9.17) is 0 Å². The molecule has 1 unspecified atom stereocenters. The van der Waals surface area contributed by atoms with Crippen LogP contribution in [0.1, 0.15) is 28.3 Å². The fourth-order valence-electron chi connectivity index (χ4n) is 4.90. The molecule has 3 heterocycles. The highest BCUT2D eigenvalue weighted by Crippen LogP contribution is 2.28. The van der Waals surface area contributed by atoms with Crippen LogP contribution >= 0.6 is 0 Å². The third-order valence-corrected chi connectivity index (χ3v) is 6.76. The second-order valence-electron chi connectivity index (χ2n) is 9.36. The number of fused-ring (bicyclic) bond motifs is 1. The summed E-state index contributed by atoms with van der Waals surface area (Å²) in [7, 11) is 2.00. The van der Waals surface area contributed by atoms with E-state index >= 15 is 0 Å². The van der Waals surface area contributed by atoms with Crippen molar-refractivity contribution < 1.29 is 13.6 Å². The molecule has 0 spiro atoms. The number of hydrogen-bond acceptors (Lipinski definition) is 5. The molecule has 1 aromatic heterocycles. The molecule has 1 fully saturated rings. The van der Waals surface area contributed by atoms with Gasteiger partial charge in [0, 0.05) is 37.4 Å². The minimum atomic E-state index is -0.297. The molecule has 2 aliphatic heterocycles. The lowest BCUT2D eigenvalue weighted by atomic mass is 9.94. The van der Waals surface area contributed by atoms with Crippen LogP contribution in [0.25, 0.3) is 0 Å². The molecule has 7 nitrogen and oxygen atoms in total. The van der Waals surface area contributed by atoms with Gasteiger partial charge in [0.15, 0.2) is 0 Å². The molecule has 2 amide bonds. The molecular weight excluding hydrogens is 450 g/mol. The number of nitrogens with zero attached hydrogens (tertiary/aromatic N) is 4. The summed E-state index contributed by atoms with van der Waals surface area (Å²) >= 11 is 0. The van der Waals surface area contributed by atoms with Crippen LogP contribution in [0.3, 0.4) is 0 Å². The van der Waals surface area contributed by atoms with Gasteiger partial charge in [-0.15, -0.1) is 0 Å². The van der Waals surface area contributed by atoms with E-state index in [2.05, 4.69) is 25.5 Å². The number of hydrogen-bond donors (Lipinski definition) is 2. The monoisotopic (exact) mass is 478 g/mol. The molecule has 182 valence electrons. The number of rotatable bonds is 4. The number of aryl methyl sites for hydroxylation is 1. The summed E-state index contributed by atoms with van der Waals surface area (Å²) in [5.74, 6) is -0.137. The Morgan fingerprint density at radius 2 is 1.94 bits per heavy atom. The van der Waals surface area contributed by atoms with Crippen LogP contribution in [0.5, 0.6) is 0 Å². The molecule has 2 atom stereocenters. The Labute approximate surface area is 203 Å². The first-order valence-corrected chi connectivity index (χ1v) is 11.7. The van der Waals surface area contributed by atoms with Crippen LogP contribution < -0.4 is 10.6 Å². The Hall–Kier alpha value is -3.59. The molecular formula is C26H28F2N6O. The molecule has 3 aromatic rings. The number of carbonyl (C=O) groups excluding carboxylic acids is 1. The first-order chi connectivity index (χ1) is 16.9. The van der Waals surface area contributed by atoms with Gasteiger partial charge < -0.3 is 20.4 Å². The van der Waals surface area contributed by atoms with Crippen molar-refractivity contribution in [1.29, 1.82) is 0 Å². The number of aromatic nitrogens is 2. The van der Waals surface area contributed by atoms with Gasteiger partial charge in [-0.1, -0.05) is 12.1 Å². The van der Waals surface area contributed by atoms with E-state index < -0.39 is 0 Å². The van der Waals surface area contributed by atoms with Crippen LogP contribution in [0.15, 0.2) is 48.7 Å². The maximum Gasteiger partial charge on any atom is 0.318 e. The van der Waals surface area contributed by atoms with Crippen molar-refractivity contribution in [3.05, 3.63) is 82.7 Å².